The maximum absolute atomic E-state index is 13.3. The Morgan fingerprint density at radius 2 is 1.25 bits per heavy atom. The number of benzene rings is 1. The second kappa shape index (κ2) is 4.07. The van der Waals surface area contributed by atoms with Gasteiger partial charge in [-0.2, -0.15) is 0 Å². The summed E-state index contributed by atoms with van der Waals surface area (Å²) in [6, 6.07) is 0. The average Bonchev–Trinajstić information content (AvgIpc) is 2.08. The molecule has 5 heteroatoms. The fourth-order valence-corrected chi connectivity index (χ4v) is 2.98. The van der Waals surface area contributed by atoms with Crippen LogP contribution in [0.15, 0.2) is 17.9 Å². The lowest BCUT2D eigenvalue weighted by atomic mass is 10.2. The van der Waals surface area contributed by atoms with E-state index in [0.717, 1.165) is 8.95 Å². The van der Waals surface area contributed by atoms with Crippen LogP contribution in [0.2, 0.25) is 0 Å². The summed E-state index contributed by atoms with van der Waals surface area (Å²) in [4.78, 5) is 0. The standard InChI is InChI=1S/C7H3Br4F/c1-2-3(8)4(9)5(10)6(11)7(2)12/h1H3. The summed E-state index contributed by atoms with van der Waals surface area (Å²) < 4.78 is 16.0. The Balaban J connectivity index is 3.60. The Kier molecular flexibility index (Phi) is 3.78. The van der Waals surface area contributed by atoms with Gasteiger partial charge in [0.05, 0.1) is 8.95 Å². The van der Waals surface area contributed by atoms with Gasteiger partial charge in [-0.3, -0.25) is 0 Å². The Bertz CT molecular complexity index is 230. The quantitative estimate of drug-likeness (QED) is 0.397. The van der Waals surface area contributed by atoms with Crippen LogP contribution in [-0.4, -0.2) is 0 Å². The summed E-state index contributed by atoms with van der Waals surface area (Å²) in [6.45, 7) is 1.71. The van der Waals surface area contributed by atoms with Crippen molar-refractivity contribution in [3.05, 3.63) is 29.3 Å². The second-order valence-corrected chi connectivity index (χ2v) is 5.37. The molecule has 0 bridgehead atoms. The first kappa shape index (κ1) is 11.1. The molecule has 0 aliphatic rings. The van der Waals surface area contributed by atoms with Gasteiger partial charge in [-0.05, 0) is 70.6 Å². The Morgan fingerprint density at radius 1 is 0.833 bits per heavy atom. The van der Waals surface area contributed by atoms with Crippen LogP contribution in [0, 0.1) is 12.7 Å². The zero-order chi connectivity index (χ0) is 9.46. The molecule has 0 unspecified atom stereocenters. The van der Waals surface area contributed by atoms with E-state index in [-0.39, 0.29) is 5.82 Å². The van der Waals surface area contributed by atoms with Gasteiger partial charge in [-0.1, -0.05) is 0 Å². The summed E-state index contributed by atoms with van der Waals surface area (Å²) >= 11 is 13.0. The smallest absolute Gasteiger partial charge is 0.142 e. The molecular weight excluding hydrogens is 423 g/mol. The van der Waals surface area contributed by atoms with Crippen LogP contribution in [-0.2, 0) is 0 Å². The molecule has 0 aromatic heterocycles. The second-order valence-electron chi connectivity index (χ2n) is 2.19. The normalized spacial score (nSPS) is 10.5. The molecule has 0 saturated heterocycles. The Labute approximate surface area is 103 Å². The maximum atomic E-state index is 13.3. The van der Waals surface area contributed by atoms with Crippen molar-refractivity contribution in [2.75, 3.05) is 0 Å². The fraction of sp³-hybridized carbons (Fsp3) is 0.143. The van der Waals surface area contributed by atoms with Crippen LogP contribution < -0.4 is 0 Å². The molecule has 0 nitrogen and oxygen atoms in total. The van der Waals surface area contributed by atoms with Crippen LogP contribution in [0.3, 0.4) is 0 Å². The topological polar surface area (TPSA) is 0 Å². The highest BCUT2D eigenvalue weighted by atomic mass is 79.9. The molecule has 0 spiro atoms. The molecular formula is C7H3Br4F. The van der Waals surface area contributed by atoms with Crippen molar-refractivity contribution in [1.82, 2.24) is 0 Å². The molecule has 0 aliphatic heterocycles. The van der Waals surface area contributed by atoms with Crippen LogP contribution in [0.1, 0.15) is 5.56 Å². The van der Waals surface area contributed by atoms with E-state index in [2.05, 4.69) is 63.7 Å². The van der Waals surface area contributed by atoms with Gasteiger partial charge in [0.15, 0.2) is 0 Å². The largest absolute Gasteiger partial charge is 0.205 e. The van der Waals surface area contributed by atoms with E-state index in [4.69, 9.17) is 0 Å². The Hall–Kier alpha value is 1.07. The van der Waals surface area contributed by atoms with Gasteiger partial charge < -0.3 is 0 Å². The van der Waals surface area contributed by atoms with Crippen molar-refractivity contribution >= 4 is 63.7 Å². The molecule has 0 radical (unpaired) electrons. The van der Waals surface area contributed by atoms with Crippen molar-refractivity contribution in [3.63, 3.8) is 0 Å². The molecule has 12 heavy (non-hydrogen) atoms. The highest BCUT2D eigenvalue weighted by Gasteiger charge is 2.15. The van der Waals surface area contributed by atoms with Crippen molar-refractivity contribution in [1.29, 1.82) is 0 Å². The van der Waals surface area contributed by atoms with Gasteiger partial charge in [0.25, 0.3) is 0 Å². The fourth-order valence-electron chi connectivity index (χ4n) is 0.715. The molecule has 0 heterocycles. The lowest BCUT2D eigenvalue weighted by Crippen LogP contribution is -1.89. The molecule has 0 fully saturated rings. The molecule has 0 N–H and O–H groups in total. The van der Waals surface area contributed by atoms with E-state index >= 15 is 0 Å². The summed E-state index contributed by atoms with van der Waals surface area (Å²) in [5, 5.41) is 0. The molecule has 1 rings (SSSR count). The van der Waals surface area contributed by atoms with E-state index in [1.54, 1.807) is 6.92 Å². The Morgan fingerprint density at radius 3 is 1.75 bits per heavy atom. The van der Waals surface area contributed by atoms with Gasteiger partial charge in [0, 0.05) is 14.5 Å². The molecule has 66 valence electrons. The predicted molar refractivity (Wildman–Crippen MR) is 61.9 cm³/mol. The van der Waals surface area contributed by atoms with Crippen LogP contribution >= 0.6 is 63.7 Å². The summed E-state index contributed by atoms with van der Waals surface area (Å²) in [6.07, 6.45) is 0. The summed E-state index contributed by atoms with van der Waals surface area (Å²) in [7, 11) is 0. The van der Waals surface area contributed by atoms with Crippen molar-refractivity contribution in [2.45, 2.75) is 6.92 Å². The minimum atomic E-state index is -0.253. The van der Waals surface area contributed by atoms with Crippen molar-refractivity contribution in [3.8, 4) is 0 Å². The van der Waals surface area contributed by atoms with Crippen LogP contribution in [0.5, 0.6) is 0 Å². The third-order valence-electron chi connectivity index (χ3n) is 1.43. The monoisotopic (exact) mass is 422 g/mol. The lowest BCUT2D eigenvalue weighted by Gasteiger charge is -2.07. The third kappa shape index (κ3) is 1.79. The van der Waals surface area contributed by atoms with Gasteiger partial charge in [0.2, 0.25) is 0 Å². The van der Waals surface area contributed by atoms with Crippen molar-refractivity contribution < 1.29 is 4.39 Å². The SMILES string of the molecule is Cc1c(F)c(Br)c(Br)c(Br)c1Br. The van der Waals surface area contributed by atoms with Gasteiger partial charge in [-0.25, -0.2) is 4.39 Å². The van der Waals surface area contributed by atoms with E-state index in [1.807, 2.05) is 0 Å². The van der Waals surface area contributed by atoms with Gasteiger partial charge >= 0.3 is 0 Å². The van der Waals surface area contributed by atoms with E-state index < -0.39 is 0 Å². The van der Waals surface area contributed by atoms with Crippen molar-refractivity contribution in [2.24, 2.45) is 0 Å². The zero-order valence-electron chi connectivity index (χ0n) is 5.89. The first-order valence-electron chi connectivity index (χ1n) is 2.94. The van der Waals surface area contributed by atoms with Gasteiger partial charge in [0.1, 0.15) is 5.82 Å². The van der Waals surface area contributed by atoms with E-state index in [1.165, 1.54) is 0 Å². The number of halogens is 5. The number of hydrogen-bond donors (Lipinski definition) is 0. The van der Waals surface area contributed by atoms with Crippen LogP contribution in [0.4, 0.5) is 4.39 Å². The zero-order valence-corrected chi connectivity index (χ0v) is 12.2. The average molecular weight is 426 g/mol. The molecule has 0 aliphatic carbocycles. The highest BCUT2D eigenvalue weighted by molar-refractivity contribution is 9.15. The first-order chi connectivity index (χ1) is 5.46. The third-order valence-corrected chi connectivity index (χ3v) is 6.35. The molecule has 1 aromatic rings. The highest BCUT2D eigenvalue weighted by Crippen LogP contribution is 2.40. The predicted octanol–water partition coefficient (Wildman–Crippen LogP) is 5.18. The lowest BCUT2D eigenvalue weighted by molar-refractivity contribution is 0.609. The molecule has 1 aromatic carbocycles. The molecule has 0 atom stereocenters. The summed E-state index contributed by atoms with van der Waals surface area (Å²) in [5.41, 5.74) is 0.581. The number of hydrogen-bond acceptors (Lipinski definition) is 0. The van der Waals surface area contributed by atoms with Gasteiger partial charge in [-0.15, -0.1) is 0 Å². The maximum Gasteiger partial charge on any atom is 0.142 e. The van der Waals surface area contributed by atoms with Crippen LogP contribution in [0.25, 0.3) is 0 Å². The van der Waals surface area contributed by atoms with E-state index in [0.29, 0.717) is 14.5 Å². The summed E-state index contributed by atoms with van der Waals surface area (Å²) in [5.74, 6) is -0.253. The minimum Gasteiger partial charge on any atom is -0.205 e. The molecule has 0 saturated carbocycles. The minimum absolute atomic E-state index is 0.253. The number of rotatable bonds is 0. The van der Waals surface area contributed by atoms with E-state index in [9.17, 15) is 4.39 Å². The molecule has 0 amide bonds. The first-order valence-corrected chi connectivity index (χ1v) is 6.12.